The van der Waals surface area contributed by atoms with Gasteiger partial charge in [0.25, 0.3) is 0 Å². The van der Waals surface area contributed by atoms with Gasteiger partial charge in [-0.3, -0.25) is 0 Å². The molecule has 0 amide bonds. The Morgan fingerprint density at radius 1 is 1.36 bits per heavy atom. The predicted molar refractivity (Wildman–Crippen MR) is 82.1 cm³/mol. The molecule has 2 aromatic heterocycles. The van der Waals surface area contributed by atoms with E-state index < -0.39 is 0 Å². The monoisotopic (exact) mass is 319 g/mol. The number of nitrogens with zero attached hydrogens (tertiary/aromatic N) is 2. The van der Waals surface area contributed by atoms with Gasteiger partial charge in [0.2, 0.25) is 11.7 Å². The van der Waals surface area contributed by atoms with E-state index in [0.29, 0.717) is 34.8 Å². The van der Waals surface area contributed by atoms with E-state index in [2.05, 4.69) is 15.5 Å². The van der Waals surface area contributed by atoms with Gasteiger partial charge in [0, 0.05) is 11.1 Å². The molecule has 6 nitrogen and oxygen atoms in total. The molecule has 0 saturated carbocycles. The molecule has 114 valence electrons. The Morgan fingerprint density at radius 3 is 2.95 bits per heavy atom. The maximum absolute atomic E-state index is 6.08. The summed E-state index contributed by atoms with van der Waals surface area (Å²) in [5.41, 5.74) is 1.76. The molecule has 2 heterocycles. The first-order valence-corrected chi connectivity index (χ1v) is 6.99. The van der Waals surface area contributed by atoms with Crippen molar-refractivity contribution in [2.24, 2.45) is 0 Å². The van der Waals surface area contributed by atoms with Crippen LogP contribution in [0.2, 0.25) is 5.02 Å². The van der Waals surface area contributed by atoms with Crippen LogP contribution >= 0.6 is 11.6 Å². The van der Waals surface area contributed by atoms with E-state index in [1.807, 2.05) is 13.0 Å². The maximum Gasteiger partial charge on any atom is 0.246 e. The highest BCUT2D eigenvalue weighted by Gasteiger charge is 2.12. The lowest BCUT2D eigenvalue weighted by Crippen LogP contribution is -2.02. The van der Waals surface area contributed by atoms with E-state index in [4.69, 9.17) is 25.3 Å². The van der Waals surface area contributed by atoms with E-state index in [1.54, 1.807) is 31.6 Å². The lowest BCUT2D eigenvalue weighted by molar-refractivity contribution is 0.382. The summed E-state index contributed by atoms with van der Waals surface area (Å²) in [5.74, 6) is 2.08. The number of halogens is 1. The van der Waals surface area contributed by atoms with Crippen LogP contribution in [-0.4, -0.2) is 17.3 Å². The number of furan rings is 1. The molecule has 22 heavy (non-hydrogen) atoms. The Morgan fingerprint density at radius 2 is 2.23 bits per heavy atom. The second-order valence-corrected chi connectivity index (χ2v) is 5.05. The molecule has 3 rings (SSSR count). The lowest BCUT2D eigenvalue weighted by Gasteiger charge is -2.11. The van der Waals surface area contributed by atoms with E-state index in [0.717, 1.165) is 11.3 Å². The lowest BCUT2D eigenvalue weighted by atomic mass is 10.2. The van der Waals surface area contributed by atoms with Crippen molar-refractivity contribution in [2.45, 2.75) is 13.5 Å². The summed E-state index contributed by atoms with van der Waals surface area (Å²) in [6.07, 6.45) is 1.56. The minimum Gasteiger partial charge on any atom is -0.495 e. The molecule has 1 aromatic carbocycles. The van der Waals surface area contributed by atoms with Gasteiger partial charge < -0.3 is 19.0 Å². The number of hydrogen-bond donors (Lipinski definition) is 1. The van der Waals surface area contributed by atoms with Crippen LogP contribution in [0.5, 0.6) is 5.75 Å². The minimum absolute atomic E-state index is 0.366. The zero-order valence-corrected chi connectivity index (χ0v) is 12.8. The van der Waals surface area contributed by atoms with Crippen molar-refractivity contribution in [3.05, 3.63) is 47.0 Å². The fraction of sp³-hybridized carbons (Fsp3) is 0.200. The Labute approximate surface area is 132 Å². The van der Waals surface area contributed by atoms with Gasteiger partial charge in [0.1, 0.15) is 5.75 Å². The average Bonchev–Trinajstić information content (AvgIpc) is 3.18. The Hall–Kier alpha value is -2.47. The van der Waals surface area contributed by atoms with Crippen molar-refractivity contribution >= 4 is 17.3 Å². The summed E-state index contributed by atoms with van der Waals surface area (Å²) < 4.78 is 15.7. The first-order chi connectivity index (χ1) is 10.7. The van der Waals surface area contributed by atoms with Crippen LogP contribution in [-0.2, 0) is 6.54 Å². The number of rotatable bonds is 5. The van der Waals surface area contributed by atoms with Crippen LogP contribution < -0.4 is 10.1 Å². The van der Waals surface area contributed by atoms with Gasteiger partial charge in [-0.05, 0) is 30.7 Å². The summed E-state index contributed by atoms with van der Waals surface area (Å²) in [6.45, 7) is 2.29. The molecule has 3 aromatic rings. The van der Waals surface area contributed by atoms with Crippen LogP contribution in [0.15, 0.2) is 39.5 Å². The van der Waals surface area contributed by atoms with Crippen molar-refractivity contribution in [2.75, 3.05) is 12.4 Å². The quantitative estimate of drug-likeness (QED) is 0.768. The zero-order valence-electron chi connectivity index (χ0n) is 12.1. The van der Waals surface area contributed by atoms with Crippen LogP contribution in [0.4, 0.5) is 5.69 Å². The Kier molecular flexibility index (Phi) is 4.02. The van der Waals surface area contributed by atoms with Crippen molar-refractivity contribution in [1.82, 2.24) is 10.1 Å². The number of aryl methyl sites for hydroxylation is 1. The van der Waals surface area contributed by atoms with Crippen molar-refractivity contribution in [3.8, 4) is 17.3 Å². The molecule has 0 bridgehead atoms. The molecule has 0 atom stereocenters. The number of hydrogen-bond acceptors (Lipinski definition) is 6. The molecule has 0 aliphatic rings. The van der Waals surface area contributed by atoms with E-state index in [-0.39, 0.29) is 0 Å². The maximum atomic E-state index is 6.08. The predicted octanol–water partition coefficient (Wildman–Crippen LogP) is 3.91. The molecule has 0 spiro atoms. The normalized spacial score (nSPS) is 10.7. The van der Waals surface area contributed by atoms with Gasteiger partial charge in [-0.2, -0.15) is 4.98 Å². The largest absolute Gasteiger partial charge is 0.495 e. The van der Waals surface area contributed by atoms with E-state index in [9.17, 15) is 0 Å². The van der Waals surface area contributed by atoms with E-state index >= 15 is 0 Å². The van der Waals surface area contributed by atoms with Gasteiger partial charge in [0.15, 0.2) is 5.76 Å². The molecule has 0 radical (unpaired) electrons. The van der Waals surface area contributed by atoms with Crippen LogP contribution in [0.3, 0.4) is 0 Å². The highest BCUT2D eigenvalue weighted by molar-refractivity contribution is 6.31. The minimum atomic E-state index is 0.366. The summed E-state index contributed by atoms with van der Waals surface area (Å²) in [6, 6.07) is 7.21. The van der Waals surface area contributed by atoms with Crippen molar-refractivity contribution in [1.29, 1.82) is 0 Å². The zero-order chi connectivity index (χ0) is 15.5. The Balaban J connectivity index is 1.74. The first kappa shape index (κ1) is 14.5. The van der Waals surface area contributed by atoms with E-state index in [1.165, 1.54) is 0 Å². The second-order valence-electron chi connectivity index (χ2n) is 4.64. The molecule has 1 N–H and O–H groups in total. The third-order valence-corrected chi connectivity index (χ3v) is 3.53. The summed E-state index contributed by atoms with van der Waals surface area (Å²) >= 11 is 6.08. The second kappa shape index (κ2) is 6.11. The summed E-state index contributed by atoms with van der Waals surface area (Å²) in [7, 11) is 1.59. The first-order valence-electron chi connectivity index (χ1n) is 6.62. The van der Waals surface area contributed by atoms with Gasteiger partial charge in [-0.1, -0.05) is 16.8 Å². The molecular weight excluding hydrogens is 306 g/mol. The van der Waals surface area contributed by atoms with Gasteiger partial charge in [-0.25, -0.2) is 0 Å². The SMILES string of the molecule is COc1cc(Cl)c(C)cc1NCc1nc(-c2ccco2)no1. The average molecular weight is 320 g/mol. The molecular formula is C15H14ClN3O3. The van der Waals surface area contributed by atoms with Crippen LogP contribution in [0.1, 0.15) is 11.5 Å². The van der Waals surface area contributed by atoms with Gasteiger partial charge in [0.05, 0.1) is 25.6 Å². The number of benzene rings is 1. The number of ether oxygens (including phenoxy) is 1. The summed E-state index contributed by atoms with van der Waals surface area (Å²) in [5, 5.41) is 7.72. The number of anilines is 1. The van der Waals surface area contributed by atoms with Gasteiger partial charge >= 0.3 is 0 Å². The standard InChI is InChI=1S/C15H14ClN3O3/c1-9-6-11(13(20-2)7-10(9)16)17-8-14-18-15(19-22-14)12-4-3-5-21-12/h3-7,17H,8H2,1-2H3. The van der Waals surface area contributed by atoms with Crippen LogP contribution in [0.25, 0.3) is 11.6 Å². The number of methoxy groups -OCH3 is 1. The molecule has 0 unspecified atom stereocenters. The van der Waals surface area contributed by atoms with Crippen LogP contribution in [0, 0.1) is 6.92 Å². The number of aromatic nitrogens is 2. The topological polar surface area (TPSA) is 73.3 Å². The van der Waals surface area contributed by atoms with Crippen molar-refractivity contribution < 1.29 is 13.7 Å². The molecule has 0 aliphatic carbocycles. The molecule has 0 aliphatic heterocycles. The fourth-order valence-electron chi connectivity index (χ4n) is 1.97. The molecule has 0 fully saturated rings. The van der Waals surface area contributed by atoms with Gasteiger partial charge in [-0.15, -0.1) is 0 Å². The highest BCUT2D eigenvalue weighted by Crippen LogP contribution is 2.31. The third-order valence-electron chi connectivity index (χ3n) is 3.12. The molecule has 7 heteroatoms. The number of nitrogens with one attached hydrogen (secondary N) is 1. The Bertz CT molecular complexity index is 768. The van der Waals surface area contributed by atoms with Crippen molar-refractivity contribution in [3.63, 3.8) is 0 Å². The molecule has 0 saturated heterocycles. The smallest absolute Gasteiger partial charge is 0.246 e. The highest BCUT2D eigenvalue weighted by atomic mass is 35.5. The fourth-order valence-corrected chi connectivity index (χ4v) is 2.13. The third kappa shape index (κ3) is 2.92. The summed E-state index contributed by atoms with van der Waals surface area (Å²) in [4.78, 5) is 4.26.